The second-order valence-electron chi connectivity index (χ2n) is 7.72. The van der Waals surface area contributed by atoms with Crippen molar-refractivity contribution in [1.29, 1.82) is 0 Å². The molecule has 2 aromatic rings. The number of aryl methyl sites for hydroxylation is 1. The van der Waals surface area contributed by atoms with Crippen LogP contribution in [0.25, 0.3) is 0 Å². The van der Waals surface area contributed by atoms with Crippen LogP contribution in [0, 0.1) is 6.92 Å². The van der Waals surface area contributed by atoms with Crippen molar-refractivity contribution in [1.82, 2.24) is 20.5 Å². The average molecular weight is 507 g/mol. The number of aromatic nitrogens is 1. The molecule has 2 unspecified atom stereocenters. The van der Waals surface area contributed by atoms with Crippen molar-refractivity contribution in [3.63, 3.8) is 0 Å². The molecule has 6 heteroatoms. The van der Waals surface area contributed by atoms with Gasteiger partial charge in [0.15, 0.2) is 5.96 Å². The van der Waals surface area contributed by atoms with E-state index in [1.165, 1.54) is 16.7 Å². The molecule has 1 aliphatic heterocycles. The summed E-state index contributed by atoms with van der Waals surface area (Å²) >= 11 is 0. The summed E-state index contributed by atoms with van der Waals surface area (Å²) < 4.78 is 0. The minimum Gasteiger partial charge on any atom is -0.356 e. The van der Waals surface area contributed by atoms with Crippen molar-refractivity contribution in [3.8, 4) is 0 Å². The summed E-state index contributed by atoms with van der Waals surface area (Å²) in [5, 5.41) is 7.08. The maximum atomic E-state index is 4.42. The SMILES string of the molecule is CN=C(NCCc1ccncc1C)NC1CCN(Cc2ccccc2)C(C)C1.I. The van der Waals surface area contributed by atoms with Gasteiger partial charge in [-0.25, -0.2) is 0 Å². The topological polar surface area (TPSA) is 52.6 Å². The van der Waals surface area contributed by atoms with E-state index in [-0.39, 0.29) is 24.0 Å². The molecule has 0 bridgehead atoms. The Kier molecular flexibility index (Phi) is 9.87. The number of piperidine rings is 1. The number of rotatable bonds is 6. The van der Waals surface area contributed by atoms with Crippen LogP contribution in [-0.2, 0) is 13.0 Å². The predicted molar refractivity (Wildman–Crippen MR) is 132 cm³/mol. The molecule has 0 radical (unpaired) electrons. The maximum absolute atomic E-state index is 4.42. The lowest BCUT2D eigenvalue weighted by atomic mass is 9.97. The zero-order valence-corrected chi connectivity index (χ0v) is 20.1. The molecular formula is C23H34IN5. The molecule has 0 amide bonds. The summed E-state index contributed by atoms with van der Waals surface area (Å²) in [6.45, 7) is 7.46. The number of halogens is 1. The van der Waals surface area contributed by atoms with E-state index in [9.17, 15) is 0 Å². The quantitative estimate of drug-likeness (QED) is 0.355. The van der Waals surface area contributed by atoms with Gasteiger partial charge in [0, 0.05) is 51.2 Å². The highest BCUT2D eigenvalue weighted by Gasteiger charge is 2.25. The summed E-state index contributed by atoms with van der Waals surface area (Å²) in [5.74, 6) is 0.903. The normalized spacial score (nSPS) is 20.0. The largest absolute Gasteiger partial charge is 0.356 e. The Hall–Kier alpha value is -1.67. The van der Waals surface area contributed by atoms with Crippen molar-refractivity contribution >= 4 is 29.9 Å². The van der Waals surface area contributed by atoms with Gasteiger partial charge in [0.25, 0.3) is 0 Å². The van der Waals surface area contributed by atoms with Crippen LogP contribution >= 0.6 is 24.0 Å². The van der Waals surface area contributed by atoms with E-state index in [1.807, 2.05) is 19.4 Å². The van der Waals surface area contributed by atoms with E-state index >= 15 is 0 Å². The third kappa shape index (κ3) is 7.26. The van der Waals surface area contributed by atoms with Crippen LogP contribution in [0.15, 0.2) is 53.8 Å². The highest BCUT2D eigenvalue weighted by atomic mass is 127. The fourth-order valence-electron chi connectivity index (χ4n) is 3.89. The van der Waals surface area contributed by atoms with Gasteiger partial charge in [-0.1, -0.05) is 30.3 Å². The van der Waals surface area contributed by atoms with E-state index in [0.29, 0.717) is 12.1 Å². The van der Waals surface area contributed by atoms with Crippen LogP contribution in [0.4, 0.5) is 0 Å². The van der Waals surface area contributed by atoms with Crippen molar-refractivity contribution in [3.05, 3.63) is 65.5 Å². The summed E-state index contributed by atoms with van der Waals surface area (Å²) in [4.78, 5) is 11.2. The van der Waals surface area contributed by atoms with E-state index in [1.54, 1.807) is 0 Å². The first kappa shape index (κ1) is 23.6. The maximum Gasteiger partial charge on any atom is 0.191 e. The monoisotopic (exact) mass is 507 g/mol. The molecule has 0 aliphatic carbocycles. The number of hydrogen-bond donors (Lipinski definition) is 2. The number of likely N-dealkylation sites (tertiary alicyclic amines) is 1. The van der Waals surface area contributed by atoms with Crippen molar-refractivity contribution < 1.29 is 0 Å². The minimum atomic E-state index is 0. The molecule has 158 valence electrons. The van der Waals surface area contributed by atoms with Crippen LogP contribution in [0.1, 0.15) is 36.5 Å². The van der Waals surface area contributed by atoms with Gasteiger partial charge in [0.05, 0.1) is 0 Å². The lowest BCUT2D eigenvalue weighted by Crippen LogP contribution is -2.51. The standard InChI is InChI=1S/C23H33N5.HI/c1-18-16-25-12-9-21(18)10-13-26-23(24-3)27-22-11-14-28(19(2)15-22)17-20-7-5-4-6-8-20;/h4-9,12,16,19,22H,10-11,13-15,17H2,1-3H3,(H2,24,26,27);1H. The highest BCUT2D eigenvalue weighted by molar-refractivity contribution is 14.0. The molecule has 2 N–H and O–H groups in total. The van der Waals surface area contributed by atoms with Gasteiger partial charge >= 0.3 is 0 Å². The van der Waals surface area contributed by atoms with Crippen LogP contribution in [0.3, 0.4) is 0 Å². The second-order valence-corrected chi connectivity index (χ2v) is 7.72. The second kappa shape index (κ2) is 12.1. The van der Waals surface area contributed by atoms with E-state index in [2.05, 4.69) is 75.8 Å². The van der Waals surface area contributed by atoms with Gasteiger partial charge in [-0.15, -0.1) is 24.0 Å². The highest BCUT2D eigenvalue weighted by Crippen LogP contribution is 2.19. The van der Waals surface area contributed by atoms with Crippen LogP contribution in [-0.4, -0.2) is 48.1 Å². The smallest absolute Gasteiger partial charge is 0.191 e. The van der Waals surface area contributed by atoms with Crippen LogP contribution < -0.4 is 10.6 Å². The molecule has 1 aromatic carbocycles. The molecule has 1 aliphatic rings. The minimum absolute atomic E-state index is 0. The molecule has 1 saturated heterocycles. The van der Waals surface area contributed by atoms with Crippen molar-refractivity contribution in [2.45, 2.75) is 51.7 Å². The van der Waals surface area contributed by atoms with E-state index < -0.39 is 0 Å². The van der Waals surface area contributed by atoms with Gasteiger partial charge in [-0.2, -0.15) is 0 Å². The summed E-state index contributed by atoms with van der Waals surface area (Å²) in [6, 6.07) is 13.9. The Balaban J connectivity index is 0.00000300. The number of guanidine groups is 1. The predicted octanol–water partition coefficient (Wildman–Crippen LogP) is 3.77. The number of hydrogen-bond acceptors (Lipinski definition) is 3. The van der Waals surface area contributed by atoms with Crippen LogP contribution in [0.5, 0.6) is 0 Å². The molecule has 29 heavy (non-hydrogen) atoms. The Morgan fingerprint density at radius 3 is 2.72 bits per heavy atom. The molecule has 5 nitrogen and oxygen atoms in total. The van der Waals surface area contributed by atoms with Gasteiger partial charge in [-0.05, 0) is 55.9 Å². The molecule has 3 rings (SSSR count). The molecule has 0 spiro atoms. The summed E-state index contributed by atoms with van der Waals surface area (Å²) in [7, 11) is 1.85. The van der Waals surface area contributed by atoms with E-state index in [4.69, 9.17) is 0 Å². The number of nitrogens with zero attached hydrogens (tertiary/aromatic N) is 3. The Morgan fingerprint density at radius 1 is 1.24 bits per heavy atom. The molecule has 2 heterocycles. The molecule has 1 fully saturated rings. The van der Waals surface area contributed by atoms with E-state index in [0.717, 1.165) is 44.9 Å². The first-order valence-corrected chi connectivity index (χ1v) is 10.3. The molecule has 1 aromatic heterocycles. The fourth-order valence-corrected chi connectivity index (χ4v) is 3.89. The van der Waals surface area contributed by atoms with Gasteiger partial charge < -0.3 is 10.6 Å². The lowest BCUT2D eigenvalue weighted by Gasteiger charge is -2.38. The zero-order chi connectivity index (χ0) is 19.8. The first-order chi connectivity index (χ1) is 13.7. The Labute approximate surface area is 192 Å². The number of pyridine rings is 1. The van der Waals surface area contributed by atoms with Gasteiger partial charge in [-0.3, -0.25) is 14.9 Å². The molecule has 0 saturated carbocycles. The van der Waals surface area contributed by atoms with Crippen molar-refractivity contribution in [2.75, 3.05) is 20.1 Å². The number of nitrogens with one attached hydrogen (secondary N) is 2. The van der Waals surface area contributed by atoms with Gasteiger partial charge in [0.2, 0.25) is 0 Å². The average Bonchev–Trinajstić information content (AvgIpc) is 2.71. The third-order valence-corrected chi connectivity index (χ3v) is 5.63. The Morgan fingerprint density at radius 2 is 2.03 bits per heavy atom. The summed E-state index contributed by atoms with van der Waals surface area (Å²) in [6.07, 6.45) is 7.03. The Bertz CT molecular complexity index is 765. The lowest BCUT2D eigenvalue weighted by molar-refractivity contribution is 0.134. The molecular weight excluding hydrogens is 473 g/mol. The number of benzene rings is 1. The third-order valence-electron chi connectivity index (χ3n) is 5.63. The van der Waals surface area contributed by atoms with Crippen molar-refractivity contribution in [2.24, 2.45) is 4.99 Å². The number of aliphatic imine (C=N–C) groups is 1. The first-order valence-electron chi connectivity index (χ1n) is 10.3. The van der Waals surface area contributed by atoms with Gasteiger partial charge in [0.1, 0.15) is 0 Å². The summed E-state index contributed by atoms with van der Waals surface area (Å²) in [5.41, 5.74) is 3.97. The molecule has 2 atom stereocenters. The van der Waals surface area contributed by atoms with Crippen LogP contribution in [0.2, 0.25) is 0 Å². The fraction of sp³-hybridized carbons (Fsp3) is 0.478. The zero-order valence-electron chi connectivity index (χ0n) is 17.8.